The van der Waals surface area contributed by atoms with E-state index in [1.807, 2.05) is 0 Å². The Bertz CT molecular complexity index is 1200. The number of para-hydroxylation sites is 1. The Morgan fingerprint density at radius 3 is 2.31 bits per heavy atom. The molecule has 3 rings (SSSR count). The van der Waals surface area contributed by atoms with Crippen LogP contribution in [0.25, 0.3) is 0 Å². The van der Waals surface area contributed by atoms with Crippen molar-refractivity contribution in [1.82, 2.24) is 14.9 Å². The van der Waals surface area contributed by atoms with Crippen molar-refractivity contribution in [3.63, 3.8) is 0 Å². The molecule has 36 heavy (non-hydrogen) atoms. The number of amides is 2. The first-order chi connectivity index (χ1) is 16.9. The second kappa shape index (κ2) is 11.3. The van der Waals surface area contributed by atoms with E-state index < -0.39 is 50.6 Å². The highest BCUT2D eigenvalue weighted by Crippen LogP contribution is 2.35. The first kappa shape index (κ1) is 27.5. The predicted octanol–water partition coefficient (Wildman–Crippen LogP) is 2.73. The minimum atomic E-state index is -4.81. The van der Waals surface area contributed by atoms with Crippen molar-refractivity contribution in [2.75, 3.05) is 20.2 Å². The molecule has 1 aliphatic heterocycles. The van der Waals surface area contributed by atoms with E-state index in [1.165, 1.54) is 20.1 Å². The fourth-order valence-corrected chi connectivity index (χ4v) is 5.84. The van der Waals surface area contributed by atoms with Crippen LogP contribution < -0.4 is 15.4 Å². The van der Waals surface area contributed by atoms with Gasteiger partial charge in [-0.15, -0.1) is 0 Å². The van der Waals surface area contributed by atoms with E-state index in [9.17, 15) is 31.2 Å². The average Bonchev–Trinajstić information content (AvgIpc) is 2.83. The van der Waals surface area contributed by atoms with E-state index in [0.29, 0.717) is 5.75 Å². The third-order valence-corrected chi connectivity index (χ3v) is 7.88. The summed E-state index contributed by atoms with van der Waals surface area (Å²) in [6.45, 7) is 1.18. The number of hydrogen-bond acceptors (Lipinski definition) is 5. The lowest BCUT2D eigenvalue weighted by Crippen LogP contribution is -2.53. The van der Waals surface area contributed by atoms with Gasteiger partial charge in [-0.05, 0) is 36.6 Å². The van der Waals surface area contributed by atoms with Gasteiger partial charge < -0.3 is 15.4 Å². The Morgan fingerprint density at radius 2 is 1.69 bits per heavy atom. The molecule has 196 valence electrons. The Balaban J connectivity index is 1.67. The SMILES string of the molecule is COc1ccccc1C[C@H](NC(C)=O)C(=O)NC1CCN(S(=O)(=O)c2ccccc2C(F)(F)F)CC1. The quantitative estimate of drug-likeness (QED) is 0.550. The summed E-state index contributed by atoms with van der Waals surface area (Å²) >= 11 is 0. The number of carbonyl (C=O) groups is 2. The molecule has 0 radical (unpaired) electrons. The Hall–Kier alpha value is -3.12. The molecule has 1 saturated heterocycles. The maximum absolute atomic E-state index is 13.4. The first-order valence-electron chi connectivity index (χ1n) is 11.3. The van der Waals surface area contributed by atoms with Gasteiger partial charge >= 0.3 is 6.18 Å². The summed E-state index contributed by atoms with van der Waals surface area (Å²) < 4.78 is 72.3. The largest absolute Gasteiger partial charge is 0.496 e. The molecule has 0 unspecified atom stereocenters. The van der Waals surface area contributed by atoms with E-state index >= 15 is 0 Å². The van der Waals surface area contributed by atoms with Crippen molar-refractivity contribution >= 4 is 21.8 Å². The van der Waals surface area contributed by atoms with Gasteiger partial charge in [-0.2, -0.15) is 17.5 Å². The molecule has 1 atom stereocenters. The molecule has 0 spiro atoms. The fraction of sp³-hybridized carbons (Fsp3) is 0.417. The van der Waals surface area contributed by atoms with Gasteiger partial charge in [0.15, 0.2) is 0 Å². The Kier molecular flexibility index (Phi) is 8.62. The smallest absolute Gasteiger partial charge is 0.417 e. The second-order valence-corrected chi connectivity index (χ2v) is 10.4. The number of nitrogens with one attached hydrogen (secondary N) is 2. The Morgan fingerprint density at radius 1 is 1.08 bits per heavy atom. The third-order valence-electron chi connectivity index (χ3n) is 5.92. The van der Waals surface area contributed by atoms with E-state index in [0.717, 1.165) is 28.1 Å². The van der Waals surface area contributed by atoms with Crippen molar-refractivity contribution in [3.05, 3.63) is 59.7 Å². The van der Waals surface area contributed by atoms with Gasteiger partial charge in [-0.3, -0.25) is 9.59 Å². The zero-order valence-electron chi connectivity index (χ0n) is 19.8. The van der Waals surface area contributed by atoms with Gasteiger partial charge in [-0.25, -0.2) is 8.42 Å². The molecule has 2 aromatic rings. The van der Waals surface area contributed by atoms with Crippen LogP contribution in [0.4, 0.5) is 13.2 Å². The molecule has 1 fully saturated rings. The molecule has 0 aliphatic carbocycles. The van der Waals surface area contributed by atoms with E-state index in [4.69, 9.17) is 4.74 Å². The van der Waals surface area contributed by atoms with Crippen LogP contribution in [-0.2, 0) is 32.2 Å². The van der Waals surface area contributed by atoms with Crippen LogP contribution in [0.1, 0.15) is 30.9 Å². The summed E-state index contributed by atoms with van der Waals surface area (Å²) in [5.41, 5.74) is -0.493. The number of ether oxygens (including phenoxy) is 1. The van der Waals surface area contributed by atoms with Crippen molar-refractivity contribution in [2.24, 2.45) is 0 Å². The van der Waals surface area contributed by atoms with Crippen LogP contribution in [0.2, 0.25) is 0 Å². The van der Waals surface area contributed by atoms with Gasteiger partial charge in [0.25, 0.3) is 0 Å². The van der Waals surface area contributed by atoms with Crippen molar-refractivity contribution in [1.29, 1.82) is 0 Å². The van der Waals surface area contributed by atoms with E-state index in [1.54, 1.807) is 24.3 Å². The molecule has 12 heteroatoms. The van der Waals surface area contributed by atoms with Crippen molar-refractivity contribution < 1.29 is 35.9 Å². The number of halogens is 3. The molecule has 1 heterocycles. The molecule has 2 aromatic carbocycles. The number of nitrogens with zero attached hydrogens (tertiary/aromatic N) is 1. The number of sulfonamides is 1. The highest BCUT2D eigenvalue weighted by atomic mass is 32.2. The van der Waals surface area contributed by atoms with Crippen LogP contribution in [0.3, 0.4) is 0 Å². The molecule has 1 aliphatic rings. The van der Waals surface area contributed by atoms with E-state index in [-0.39, 0.29) is 32.4 Å². The zero-order valence-corrected chi connectivity index (χ0v) is 20.7. The number of benzene rings is 2. The number of methoxy groups -OCH3 is 1. The lowest BCUT2D eigenvalue weighted by Gasteiger charge is -2.33. The third kappa shape index (κ3) is 6.55. The molecular formula is C24H28F3N3O5S. The monoisotopic (exact) mass is 527 g/mol. The van der Waals surface area contributed by atoms with Crippen LogP contribution in [0.15, 0.2) is 53.4 Å². The summed E-state index contributed by atoms with van der Waals surface area (Å²) in [6.07, 6.45) is -4.21. The van der Waals surface area contributed by atoms with Gasteiger partial charge in [0.05, 0.1) is 17.6 Å². The molecule has 0 bridgehead atoms. The lowest BCUT2D eigenvalue weighted by atomic mass is 10.0. The number of piperidine rings is 1. The standard InChI is InChI=1S/C24H28F3N3O5S/c1-16(31)28-20(15-17-7-3-5-9-21(17)35-2)23(32)29-18-11-13-30(14-12-18)36(33,34)22-10-6-4-8-19(22)24(25,26)27/h3-10,18,20H,11-15H2,1-2H3,(H,28,31)(H,29,32)/t20-/m0/s1. The number of rotatable bonds is 8. The van der Waals surface area contributed by atoms with Crippen LogP contribution in [0.5, 0.6) is 5.75 Å². The van der Waals surface area contributed by atoms with Crippen LogP contribution in [0, 0.1) is 0 Å². The molecule has 2 N–H and O–H groups in total. The molecule has 2 amide bonds. The van der Waals surface area contributed by atoms with Gasteiger partial charge in [0.1, 0.15) is 11.8 Å². The van der Waals surface area contributed by atoms with Gasteiger partial charge in [0.2, 0.25) is 21.8 Å². The zero-order chi connectivity index (χ0) is 26.5. The fourth-order valence-electron chi connectivity index (χ4n) is 4.15. The highest BCUT2D eigenvalue weighted by molar-refractivity contribution is 7.89. The predicted molar refractivity (Wildman–Crippen MR) is 126 cm³/mol. The second-order valence-electron chi connectivity index (χ2n) is 8.45. The number of alkyl halides is 3. The van der Waals surface area contributed by atoms with Crippen molar-refractivity contribution in [3.8, 4) is 5.75 Å². The molecule has 0 aromatic heterocycles. The maximum atomic E-state index is 13.4. The van der Waals surface area contributed by atoms with Crippen molar-refractivity contribution in [2.45, 2.75) is 49.3 Å². The van der Waals surface area contributed by atoms with Crippen LogP contribution >= 0.6 is 0 Å². The topological polar surface area (TPSA) is 105 Å². The molecular weight excluding hydrogens is 499 g/mol. The highest BCUT2D eigenvalue weighted by Gasteiger charge is 2.40. The molecule has 0 saturated carbocycles. The van der Waals surface area contributed by atoms with E-state index in [2.05, 4.69) is 10.6 Å². The summed E-state index contributed by atoms with van der Waals surface area (Å²) in [4.78, 5) is 23.9. The summed E-state index contributed by atoms with van der Waals surface area (Å²) in [6, 6.07) is 9.87. The Labute approximate surface area is 207 Å². The summed E-state index contributed by atoms with van der Waals surface area (Å²) in [5, 5.41) is 5.46. The average molecular weight is 528 g/mol. The minimum absolute atomic E-state index is 0.0587. The summed E-state index contributed by atoms with van der Waals surface area (Å²) in [7, 11) is -2.88. The lowest BCUT2D eigenvalue weighted by molar-refractivity contribution is -0.140. The maximum Gasteiger partial charge on any atom is 0.417 e. The minimum Gasteiger partial charge on any atom is -0.496 e. The summed E-state index contributed by atoms with van der Waals surface area (Å²) in [5.74, 6) is -0.271. The van der Waals surface area contributed by atoms with Crippen LogP contribution in [-0.4, -0.2) is 56.8 Å². The van der Waals surface area contributed by atoms with Gasteiger partial charge in [-0.1, -0.05) is 30.3 Å². The number of hydrogen-bond donors (Lipinski definition) is 2. The van der Waals surface area contributed by atoms with Gasteiger partial charge in [0, 0.05) is 32.5 Å². The molecule has 8 nitrogen and oxygen atoms in total. The number of carbonyl (C=O) groups excluding carboxylic acids is 2. The first-order valence-corrected chi connectivity index (χ1v) is 12.7. The normalized spacial score (nSPS) is 16.2.